The molecule has 0 radical (unpaired) electrons. The molecule has 3 aromatic rings. The first-order chi connectivity index (χ1) is 13.8. The van der Waals surface area contributed by atoms with Gasteiger partial charge < -0.3 is 14.6 Å². The summed E-state index contributed by atoms with van der Waals surface area (Å²) in [5.74, 6) is 2.53. The number of hydrogen-bond acceptors (Lipinski definition) is 6. The van der Waals surface area contributed by atoms with Gasteiger partial charge in [0.05, 0.1) is 12.7 Å². The van der Waals surface area contributed by atoms with Crippen molar-refractivity contribution in [2.75, 3.05) is 13.7 Å². The molecule has 28 heavy (non-hydrogen) atoms. The van der Waals surface area contributed by atoms with E-state index in [0.717, 1.165) is 30.8 Å². The Balaban J connectivity index is 1.26. The van der Waals surface area contributed by atoms with Gasteiger partial charge in [0.1, 0.15) is 0 Å². The lowest BCUT2D eigenvalue weighted by Crippen LogP contribution is -2.45. The molecule has 1 aromatic carbocycles. The van der Waals surface area contributed by atoms with Gasteiger partial charge in [0, 0.05) is 36.2 Å². The minimum Gasteiger partial charge on any atom is -0.481 e. The van der Waals surface area contributed by atoms with E-state index in [1.807, 2.05) is 6.07 Å². The Bertz CT molecular complexity index is 935. The van der Waals surface area contributed by atoms with Gasteiger partial charge in [0.2, 0.25) is 5.88 Å². The van der Waals surface area contributed by atoms with E-state index in [1.165, 1.54) is 18.4 Å². The molecule has 1 unspecified atom stereocenters. The maximum Gasteiger partial charge on any atom is 0.259 e. The molecule has 2 aromatic heterocycles. The Labute approximate surface area is 164 Å². The van der Waals surface area contributed by atoms with E-state index in [4.69, 9.17) is 14.2 Å². The summed E-state index contributed by atoms with van der Waals surface area (Å²) in [5, 5.41) is 8.08. The molecule has 0 bridgehead atoms. The molecule has 1 N–H and O–H groups in total. The van der Waals surface area contributed by atoms with E-state index >= 15 is 0 Å². The van der Waals surface area contributed by atoms with Crippen molar-refractivity contribution in [3.8, 4) is 17.3 Å². The van der Waals surface area contributed by atoms with Crippen molar-refractivity contribution in [1.82, 2.24) is 20.4 Å². The molecule has 2 atom stereocenters. The van der Waals surface area contributed by atoms with Crippen LogP contribution >= 0.6 is 0 Å². The average Bonchev–Trinajstić information content (AvgIpc) is 3.33. The van der Waals surface area contributed by atoms with Gasteiger partial charge in [-0.05, 0) is 30.9 Å². The minimum absolute atomic E-state index is 0.00846. The fourth-order valence-electron chi connectivity index (χ4n) is 4.08. The van der Waals surface area contributed by atoms with E-state index in [-0.39, 0.29) is 5.41 Å². The maximum absolute atomic E-state index is 5.55. The first kappa shape index (κ1) is 17.4. The Morgan fingerprint density at radius 3 is 2.71 bits per heavy atom. The van der Waals surface area contributed by atoms with Crippen molar-refractivity contribution in [3.05, 3.63) is 60.0 Å². The molecule has 144 valence electrons. The zero-order valence-electron chi connectivity index (χ0n) is 16.0. The molecule has 0 amide bonds. The third-order valence-corrected chi connectivity index (χ3v) is 6.12. The topological polar surface area (TPSA) is 73.1 Å². The minimum atomic E-state index is -0.00846. The van der Waals surface area contributed by atoms with Crippen molar-refractivity contribution >= 4 is 0 Å². The van der Waals surface area contributed by atoms with Crippen LogP contribution in [0.2, 0.25) is 0 Å². The van der Waals surface area contributed by atoms with Crippen LogP contribution in [-0.2, 0) is 5.41 Å². The van der Waals surface area contributed by atoms with Crippen molar-refractivity contribution in [3.63, 3.8) is 0 Å². The van der Waals surface area contributed by atoms with Crippen LogP contribution in [0.3, 0.4) is 0 Å². The largest absolute Gasteiger partial charge is 0.481 e. The highest BCUT2D eigenvalue weighted by Crippen LogP contribution is 2.45. The number of methoxy groups -OCH3 is 1. The second kappa shape index (κ2) is 7.02. The fourth-order valence-corrected chi connectivity index (χ4v) is 4.08. The van der Waals surface area contributed by atoms with Gasteiger partial charge >= 0.3 is 0 Å². The van der Waals surface area contributed by atoms with E-state index in [2.05, 4.69) is 45.8 Å². The van der Waals surface area contributed by atoms with Gasteiger partial charge in [-0.3, -0.25) is 0 Å². The Kier molecular flexibility index (Phi) is 4.36. The zero-order valence-corrected chi connectivity index (χ0v) is 16.0. The molecule has 2 fully saturated rings. The van der Waals surface area contributed by atoms with Crippen LogP contribution in [-0.4, -0.2) is 34.8 Å². The Hall–Kier alpha value is -2.73. The van der Waals surface area contributed by atoms with Gasteiger partial charge in [-0.15, -0.1) is 0 Å². The number of pyridine rings is 1. The summed E-state index contributed by atoms with van der Waals surface area (Å²) in [6.07, 6.45) is 6.32. The highest BCUT2D eigenvalue weighted by molar-refractivity contribution is 5.51. The molecule has 2 heterocycles. The first-order valence-corrected chi connectivity index (χ1v) is 9.90. The number of nitrogens with one attached hydrogen (secondary N) is 1. The van der Waals surface area contributed by atoms with E-state index < -0.39 is 0 Å². The summed E-state index contributed by atoms with van der Waals surface area (Å²) < 4.78 is 10.7. The summed E-state index contributed by atoms with van der Waals surface area (Å²) >= 11 is 0. The van der Waals surface area contributed by atoms with Gasteiger partial charge in [0.15, 0.2) is 5.82 Å². The molecule has 0 spiro atoms. The normalized spacial score (nSPS) is 22.5. The standard InChI is InChI=1S/C22H24N4O2/c1-27-19-9-8-16(13-23-19)20-25-21(26-28-20)22(10-5-11-22)14-24-18-12-17(18)15-6-3-2-4-7-15/h2-4,6-9,13,17-18,24H,5,10-12,14H2,1H3/t17-,18?/m1/s1. The molecule has 0 saturated heterocycles. The van der Waals surface area contributed by atoms with Crippen LogP contribution in [0.25, 0.3) is 11.5 Å². The SMILES string of the molecule is COc1ccc(-c2nc(C3(CNC4C[C@@H]4c4ccccc4)CCC3)no2)cn1. The maximum atomic E-state index is 5.55. The van der Waals surface area contributed by atoms with E-state index in [1.54, 1.807) is 19.4 Å². The summed E-state index contributed by atoms with van der Waals surface area (Å²) in [6, 6.07) is 15.0. The molecule has 2 aliphatic carbocycles. The summed E-state index contributed by atoms with van der Waals surface area (Å²) in [6.45, 7) is 0.904. The van der Waals surface area contributed by atoms with Crippen molar-refractivity contribution in [2.24, 2.45) is 0 Å². The molecular weight excluding hydrogens is 352 g/mol. The Morgan fingerprint density at radius 1 is 1.18 bits per heavy atom. The number of ether oxygens (including phenoxy) is 1. The predicted octanol–water partition coefficient (Wildman–Crippen LogP) is 3.71. The number of aromatic nitrogens is 3. The van der Waals surface area contributed by atoms with Crippen molar-refractivity contribution < 1.29 is 9.26 Å². The van der Waals surface area contributed by atoms with E-state index in [0.29, 0.717) is 23.7 Å². The van der Waals surface area contributed by atoms with Crippen LogP contribution in [0.15, 0.2) is 53.2 Å². The lowest BCUT2D eigenvalue weighted by molar-refractivity contribution is 0.211. The van der Waals surface area contributed by atoms with Crippen LogP contribution in [0.4, 0.5) is 0 Å². The second-order valence-corrected chi connectivity index (χ2v) is 7.89. The number of rotatable bonds is 7. The lowest BCUT2D eigenvalue weighted by atomic mass is 9.68. The molecule has 2 saturated carbocycles. The van der Waals surface area contributed by atoms with Crippen molar-refractivity contribution in [2.45, 2.75) is 43.1 Å². The number of hydrogen-bond donors (Lipinski definition) is 1. The van der Waals surface area contributed by atoms with Crippen molar-refractivity contribution in [1.29, 1.82) is 0 Å². The summed E-state index contributed by atoms with van der Waals surface area (Å²) in [5.41, 5.74) is 2.23. The molecule has 5 rings (SSSR count). The highest BCUT2D eigenvalue weighted by Gasteiger charge is 2.46. The van der Waals surface area contributed by atoms with Gasteiger partial charge in [-0.2, -0.15) is 4.98 Å². The van der Waals surface area contributed by atoms with E-state index in [9.17, 15) is 0 Å². The quantitative estimate of drug-likeness (QED) is 0.678. The Morgan fingerprint density at radius 2 is 2.04 bits per heavy atom. The second-order valence-electron chi connectivity index (χ2n) is 7.89. The molecule has 0 aliphatic heterocycles. The van der Waals surface area contributed by atoms with Gasteiger partial charge in [-0.25, -0.2) is 4.98 Å². The predicted molar refractivity (Wildman–Crippen MR) is 105 cm³/mol. The third kappa shape index (κ3) is 3.18. The number of nitrogens with zero attached hydrogens (tertiary/aromatic N) is 3. The molecule has 6 nitrogen and oxygen atoms in total. The highest BCUT2D eigenvalue weighted by atomic mass is 16.5. The lowest BCUT2D eigenvalue weighted by Gasteiger charge is -2.39. The van der Waals surface area contributed by atoms with Crippen LogP contribution in [0, 0.1) is 0 Å². The average molecular weight is 376 g/mol. The smallest absolute Gasteiger partial charge is 0.259 e. The van der Waals surface area contributed by atoms with Crippen LogP contribution < -0.4 is 10.1 Å². The van der Waals surface area contributed by atoms with Crippen LogP contribution in [0.5, 0.6) is 5.88 Å². The van der Waals surface area contributed by atoms with Gasteiger partial charge in [-0.1, -0.05) is 41.9 Å². The molecular formula is C22H24N4O2. The first-order valence-electron chi connectivity index (χ1n) is 9.90. The summed E-state index contributed by atoms with van der Waals surface area (Å²) in [4.78, 5) is 8.93. The van der Waals surface area contributed by atoms with Crippen LogP contribution in [0.1, 0.15) is 43.0 Å². The summed E-state index contributed by atoms with van der Waals surface area (Å²) in [7, 11) is 1.60. The van der Waals surface area contributed by atoms with Gasteiger partial charge in [0.25, 0.3) is 5.89 Å². The zero-order chi connectivity index (χ0) is 19.0. The fraction of sp³-hybridized carbons (Fsp3) is 0.409. The monoisotopic (exact) mass is 376 g/mol. The molecule has 6 heteroatoms. The molecule has 2 aliphatic rings. The third-order valence-electron chi connectivity index (χ3n) is 6.12. The number of benzene rings is 1.